The largest absolute Gasteiger partial charge is 0.416 e. The molecule has 0 aliphatic carbocycles. The zero-order chi connectivity index (χ0) is 12.3. The van der Waals surface area contributed by atoms with Gasteiger partial charge in [0, 0.05) is 6.04 Å². The second-order valence-electron chi connectivity index (χ2n) is 3.89. The van der Waals surface area contributed by atoms with Crippen LogP contribution in [0.5, 0.6) is 0 Å². The first-order valence-corrected chi connectivity index (χ1v) is 4.88. The van der Waals surface area contributed by atoms with Crippen molar-refractivity contribution in [3.63, 3.8) is 0 Å². The van der Waals surface area contributed by atoms with Gasteiger partial charge in [-0.2, -0.15) is 13.2 Å². The Morgan fingerprint density at radius 2 is 1.81 bits per heavy atom. The van der Waals surface area contributed by atoms with Gasteiger partial charge in [0.25, 0.3) is 0 Å². The predicted molar refractivity (Wildman–Crippen MR) is 57.8 cm³/mol. The van der Waals surface area contributed by atoms with Crippen LogP contribution in [0.3, 0.4) is 0 Å². The predicted octanol–water partition coefficient (Wildman–Crippen LogP) is 3.67. The highest BCUT2D eigenvalue weighted by molar-refractivity contribution is 5.27. The average Bonchev–Trinajstić information content (AvgIpc) is 2.15. The standard InChI is InChI=1S/C12H14F3N/c1-8(2)7-11(16)9-3-5-10(6-4-9)12(13,14)15/h3-6,11H,1,7,16H2,2H3/t11-/m0/s1. The highest BCUT2D eigenvalue weighted by atomic mass is 19.4. The highest BCUT2D eigenvalue weighted by Gasteiger charge is 2.30. The summed E-state index contributed by atoms with van der Waals surface area (Å²) in [7, 11) is 0. The molecule has 0 bridgehead atoms. The molecule has 0 fully saturated rings. The van der Waals surface area contributed by atoms with E-state index in [1.54, 1.807) is 0 Å². The van der Waals surface area contributed by atoms with Crippen LogP contribution in [0, 0.1) is 0 Å². The van der Waals surface area contributed by atoms with Gasteiger partial charge in [0.2, 0.25) is 0 Å². The van der Waals surface area contributed by atoms with E-state index in [0.29, 0.717) is 12.0 Å². The number of hydrogen-bond donors (Lipinski definition) is 1. The van der Waals surface area contributed by atoms with Gasteiger partial charge in [0.05, 0.1) is 5.56 Å². The number of hydrogen-bond acceptors (Lipinski definition) is 1. The van der Waals surface area contributed by atoms with Crippen molar-refractivity contribution in [1.29, 1.82) is 0 Å². The van der Waals surface area contributed by atoms with Crippen LogP contribution in [0.4, 0.5) is 13.2 Å². The first-order valence-electron chi connectivity index (χ1n) is 4.88. The van der Waals surface area contributed by atoms with Crippen LogP contribution in [-0.4, -0.2) is 0 Å². The summed E-state index contributed by atoms with van der Waals surface area (Å²) in [6.45, 7) is 5.55. The van der Waals surface area contributed by atoms with Gasteiger partial charge in [-0.15, -0.1) is 6.58 Å². The van der Waals surface area contributed by atoms with Crippen LogP contribution in [0.25, 0.3) is 0 Å². The minimum absolute atomic E-state index is 0.292. The maximum atomic E-state index is 12.3. The Balaban J connectivity index is 2.83. The second-order valence-corrected chi connectivity index (χ2v) is 3.89. The Labute approximate surface area is 92.8 Å². The maximum Gasteiger partial charge on any atom is 0.416 e. The van der Waals surface area contributed by atoms with E-state index in [-0.39, 0.29) is 6.04 Å². The zero-order valence-electron chi connectivity index (χ0n) is 9.01. The molecule has 0 saturated carbocycles. The van der Waals surface area contributed by atoms with Gasteiger partial charge < -0.3 is 5.73 Å². The van der Waals surface area contributed by atoms with Gasteiger partial charge in [-0.3, -0.25) is 0 Å². The molecule has 1 nitrogen and oxygen atoms in total. The molecule has 0 spiro atoms. The fourth-order valence-electron chi connectivity index (χ4n) is 1.41. The van der Waals surface area contributed by atoms with Gasteiger partial charge in [-0.05, 0) is 31.0 Å². The van der Waals surface area contributed by atoms with Crippen molar-refractivity contribution >= 4 is 0 Å². The van der Waals surface area contributed by atoms with Crippen LogP contribution >= 0.6 is 0 Å². The third-order valence-electron chi connectivity index (χ3n) is 2.23. The maximum absolute atomic E-state index is 12.3. The SMILES string of the molecule is C=C(C)C[C@H](N)c1ccc(C(F)(F)F)cc1. The zero-order valence-corrected chi connectivity index (χ0v) is 9.01. The Kier molecular flexibility index (Phi) is 3.75. The summed E-state index contributed by atoms with van der Waals surface area (Å²) in [5.74, 6) is 0. The molecule has 1 atom stereocenters. The van der Waals surface area contributed by atoms with Gasteiger partial charge >= 0.3 is 6.18 Å². The van der Waals surface area contributed by atoms with Crippen LogP contribution in [-0.2, 0) is 6.18 Å². The molecule has 0 heterocycles. The minimum atomic E-state index is -4.29. The molecule has 0 aliphatic heterocycles. The van der Waals surface area contributed by atoms with Crippen LogP contribution < -0.4 is 5.73 Å². The molecule has 0 amide bonds. The molecule has 0 aromatic heterocycles. The number of benzene rings is 1. The third kappa shape index (κ3) is 3.38. The van der Waals surface area contributed by atoms with Crippen molar-refractivity contribution in [2.75, 3.05) is 0 Å². The van der Waals surface area contributed by atoms with Crippen LogP contribution in [0.1, 0.15) is 30.5 Å². The van der Waals surface area contributed by atoms with E-state index in [2.05, 4.69) is 6.58 Å². The van der Waals surface area contributed by atoms with Crippen molar-refractivity contribution in [2.24, 2.45) is 5.73 Å². The lowest BCUT2D eigenvalue weighted by atomic mass is 10.00. The fraction of sp³-hybridized carbons (Fsp3) is 0.333. The quantitative estimate of drug-likeness (QED) is 0.786. The Morgan fingerprint density at radius 3 is 2.19 bits per heavy atom. The first-order chi connectivity index (χ1) is 7.30. The van der Waals surface area contributed by atoms with Crippen LogP contribution in [0.2, 0.25) is 0 Å². The Morgan fingerprint density at radius 1 is 1.31 bits per heavy atom. The summed E-state index contributed by atoms with van der Waals surface area (Å²) >= 11 is 0. The first kappa shape index (κ1) is 12.8. The molecule has 2 N–H and O–H groups in total. The molecule has 1 aromatic rings. The average molecular weight is 229 g/mol. The monoisotopic (exact) mass is 229 g/mol. The molecule has 4 heteroatoms. The Bertz CT molecular complexity index is 365. The smallest absolute Gasteiger partial charge is 0.324 e. The summed E-state index contributed by atoms with van der Waals surface area (Å²) in [5, 5.41) is 0. The summed E-state index contributed by atoms with van der Waals surface area (Å²) in [6, 6.07) is 4.63. The molecular formula is C12H14F3N. The lowest BCUT2D eigenvalue weighted by Gasteiger charge is -2.13. The van der Waals surface area contributed by atoms with E-state index in [1.165, 1.54) is 12.1 Å². The lowest BCUT2D eigenvalue weighted by molar-refractivity contribution is -0.137. The molecule has 1 rings (SSSR count). The minimum Gasteiger partial charge on any atom is -0.324 e. The Hall–Kier alpha value is -1.29. The molecule has 0 unspecified atom stereocenters. The summed E-state index contributed by atoms with van der Waals surface area (Å²) in [6.07, 6.45) is -3.72. The second kappa shape index (κ2) is 4.70. The number of rotatable bonds is 3. The number of nitrogens with two attached hydrogens (primary N) is 1. The topological polar surface area (TPSA) is 26.0 Å². The van der Waals surface area contributed by atoms with Gasteiger partial charge in [-0.1, -0.05) is 17.7 Å². The molecule has 0 saturated heterocycles. The summed E-state index contributed by atoms with van der Waals surface area (Å²) < 4.78 is 36.9. The van der Waals surface area contributed by atoms with Crippen LogP contribution in [0.15, 0.2) is 36.4 Å². The number of alkyl halides is 3. The van der Waals surface area contributed by atoms with Crippen molar-refractivity contribution in [2.45, 2.75) is 25.6 Å². The van der Waals surface area contributed by atoms with Gasteiger partial charge in [-0.25, -0.2) is 0 Å². The van der Waals surface area contributed by atoms with E-state index in [0.717, 1.165) is 17.7 Å². The van der Waals surface area contributed by atoms with E-state index < -0.39 is 11.7 Å². The summed E-state index contributed by atoms with van der Waals surface area (Å²) in [5.41, 5.74) is 6.76. The van der Waals surface area contributed by atoms with Gasteiger partial charge in [0.1, 0.15) is 0 Å². The lowest BCUT2D eigenvalue weighted by Crippen LogP contribution is -2.11. The molecule has 0 aliphatic rings. The van der Waals surface area contributed by atoms with Crippen molar-refractivity contribution in [1.82, 2.24) is 0 Å². The molecule has 16 heavy (non-hydrogen) atoms. The molecular weight excluding hydrogens is 215 g/mol. The molecule has 0 radical (unpaired) electrons. The van der Waals surface area contributed by atoms with E-state index in [1.807, 2.05) is 6.92 Å². The molecule has 1 aromatic carbocycles. The third-order valence-corrected chi connectivity index (χ3v) is 2.23. The normalized spacial score (nSPS) is 13.6. The van der Waals surface area contributed by atoms with E-state index in [4.69, 9.17) is 5.73 Å². The van der Waals surface area contributed by atoms with E-state index >= 15 is 0 Å². The molecule has 88 valence electrons. The van der Waals surface area contributed by atoms with Crippen molar-refractivity contribution < 1.29 is 13.2 Å². The fourth-order valence-corrected chi connectivity index (χ4v) is 1.41. The van der Waals surface area contributed by atoms with Crippen molar-refractivity contribution in [3.05, 3.63) is 47.5 Å². The number of halogens is 3. The summed E-state index contributed by atoms with van der Waals surface area (Å²) in [4.78, 5) is 0. The van der Waals surface area contributed by atoms with Gasteiger partial charge in [0.15, 0.2) is 0 Å². The van der Waals surface area contributed by atoms with E-state index in [9.17, 15) is 13.2 Å². The highest BCUT2D eigenvalue weighted by Crippen LogP contribution is 2.30. The van der Waals surface area contributed by atoms with Crippen molar-refractivity contribution in [3.8, 4) is 0 Å².